The lowest BCUT2D eigenvalue weighted by Gasteiger charge is -2.42. The van der Waals surface area contributed by atoms with Crippen LogP contribution in [0.2, 0.25) is 0 Å². The van der Waals surface area contributed by atoms with E-state index >= 15 is 0 Å². The van der Waals surface area contributed by atoms with Crippen LogP contribution >= 0.6 is 11.3 Å². The highest BCUT2D eigenvalue weighted by molar-refractivity contribution is 7.13. The van der Waals surface area contributed by atoms with Gasteiger partial charge in [-0.15, -0.1) is 11.3 Å². The lowest BCUT2D eigenvalue weighted by Crippen LogP contribution is -2.58. The van der Waals surface area contributed by atoms with E-state index in [0.29, 0.717) is 18.2 Å². The first-order chi connectivity index (χ1) is 14.0. The van der Waals surface area contributed by atoms with Gasteiger partial charge in [-0.2, -0.15) is 0 Å². The Kier molecular flexibility index (Phi) is 7.16. The fourth-order valence-electron chi connectivity index (χ4n) is 3.01. The van der Waals surface area contributed by atoms with E-state index < -0.39 is 23.9 Å². The van der Waals surface area contributed by atoms with Crippen molar-refractivity contribution in [2.45, 2.75) is 25.9 Å². The molecule has 1 aromatic heterocycles. The fraction of sp³-hybridized carbons (Fsp3) is 0.389. The van der Waals surface area contributed by atoms with Crippen LogP contribution in [0.1, 0.15) is 24.3 Å². The maximum absolute atomic E-state index is 12.4. The number of piperazine rings is 1. The molecule has 162 valence electrons. The van der Waals surface area contributed by atoms with Gasteiger partial charge in [-0.05, 0) is 13.8 Å². The highest BCUT2D eigenvalue weighted by Gasteiger charge is 2.34. The van der Waals surface area contributed by atoms with Gasteiger partial charge in [0.2, 0.25) is 0 Å². The van der Waals surface area contributed by atoms with Gasteiger partial charge in [0.05, 0.1) is 24.9 Å². The predicted octanol–water partition coefficient (Wildman–Crippen LogP) is 0.767. The Morgan fingerprint density at radius 1 is 1.17 bits per heavy atom. The van der Waals surface area contributed by atoms with Gasteiger partial charge in [0.1, 0.15) is 11.4 Å². The number of carboxylic acid groups (broad SMARTS) is 1. The minimum atomic E-state index is -0.972. The molecule has 1 saturated heterocycles. The molecule has 2 atom stereocenters. The van der Waals surface area contributed by atoms with Crippen molar-refractivity contribution in [2.24, 2.45) is 0 Å². The number of nitrogens with one attached hydrogen (secondary N) is 2. The Balaban J connectivity index is 1.99. The zero-order valence-electron chi connectivity index (χ0n) is 16.8. The largest absolute Gasteiger partial charge is 0.465 e. The molecule has 12 heteroatoms. The molecular weight excluding hydrogens is 414 g/mol. The van der Waals surface area contributed by atoms with Crippen molar-refractivity contribution in [1.82, 2.24) is 20.5 Å². The minimum Gasteiger partial charge on any atom is -0.465 e. The zero-order valence-corrected chi connectivity index (χ0v) is 17.6. The lowest BCUT2D eigenvalue weighted by atomic mass is 10.1. The van der Waals surface area contributed by atoms with Crippen LogP contribution in [0.25, 0.3) is 0 Å². The van der Waals surface area contributed by atoms with E-state index in [1.807, 2.05) is 18.7 Å². The van der Waals surface area contributed by atoms with Crippen molar-refractivity contribution in [1.29, 1.82) is 0 Å². The van der Waals surface area contributed by atoms with Crippen molar-refractivity contribution < 1.29 is 29.0 Å². The van der Waals surface area contributed by atoms with Gasteiger partial charge in [0.15, 0.2) is 5.13 Å². The molecule has 0 saturated carbocycles. The average Bonchev–Trinajstić information content (AvgIpc) is 3.16. The molecule has 2 rings (SSSR count). The molecule has 0 aliphatic carbocycles. The van der Waals surface area contributed by atoms with Gasteiger partial charge in [-0.25, -0.2) is 14.6 Å². The van der Waals surface area contributed by atoms with E-state index in [4.69, 9.17) is 0 Å². The van der Waals surface area contributed by atoms with Crippen LogP contribution in [-0.2, 0) is 14.3 Å². The molecule has 0 bridgehead atoms. The fourth-order valence-corrected chi connectivity index (χ4v) is 3.84. The summed E-state index contributed by atoms with van der Waals surface area (Å²) in [5.41, 5.74) is -0.508. The summed E-state index contributed by atoms with van der Waals surface area (Å²) in [5.74, 6) is -2.29. The van der Waals surface area contributed by atoms with Crippen molar-refractivity contribution >= 4 is 40.3 Å². The number of esters is 1. The summed E-state index contributed by atoms with van der Waals surface area (Å²) in [5, 5.41) is 15.9. The second-order valence-electron chi connectivity index (χ2n) is 6.67. The summed E-state index contributed by atoms with van der Waals surface area (Å²) >= 11 is 1.23. The van der Waals surface area contributed by atoms with Crippen LogP contribution in [0.3, 0.4) is 0 Å². The van der Waals surface area contributed by atoms with Crippen LogP contribution in [0, 0.1) is 0 Å². The van der Waals surface area contributed by atoms with Crippen molar-refractivity contribution in [3.63, 3.8) is 0 Å². The molecule has 11 nitrogen and oxygen atoms in total. The van der Waals surface area contributed by atoms with Gasteiger partial charge in [-0.3, -0.25) is 14.5 Å². The standard InChI is InChI=1S/C18H23N5O6S/c1-9-6-22(7-10(2)23(9)18(27)28)17-21-13(8-30-17)15(25)19-11(3)14(24)20-12(4)16(26)29-5/h8-10H,3-4,6-7H2,1-2,5H3,(H,19,25)(H,20,24)(H,27,28)/t9-,10?/m0/s1. The number of thiazole rings is 1. The normalized spacial score (nSPS) is 18.4. The van der Waals surface area contributed by atoms with Crippen LogP contribution in [0.5, 0.6) is 0 Å². The first-order valence-electron chi connectivity index (χ1n) is 8.85. The van der Waals surface area contributed by atoms with Gasteiger partial charge in [0.25, 0.3) is 11.8 Å². The third kappa shape index (κ3) is 5.14. The molecule has 0 aromatic carbocycles. The Labute approximate surface area is 177 Å². The van der Waals surface area contributed by atoms with E-state index in [1.165, 1.54) is 21.6 Å². The van der Waals surface area contributed by atoms with E-state index in [1.54, 1.807) is 0 Å². The number of carbonyl (C=O) groups is 4. The number of rotatable bonds is 6. The molecule has 3 N–H and O–H groups in total. The third-order valence-corrected chi connectivity index (χ3v) is 5.27. The van der Waals surface area contributed by atoms with E-state index in [0.717, 1.165) is 7.11 Å². The maximum Gasteiger partial charge on any atom is 0.407 e. The van der Waals surface area contributed by atoms with E-state index in [2.05, 4.69) is 33.5 Å². The zero-order chi connectivity index (χ0) is 22.6. The molecule has 2 heterocycles. The maximum atomic E-state index is 12.4. The first-order valence-corrected chi connectivity index (χ1v) is 9.73. The van der Waals surface area contributed by atoms with Gasteiger partial charge in [-0.1, -0.05) is 13.2 Å². The number of hydrogen-bond acceptors (Lipinski definition) is 8. The Morgan fingerprint density at radius 3 is 2.30 bits per heavy atom. The highest BCUT2D eigenvalue weighted by atomic mass is 32.1. The third-order valence-electron chi connectivity index (χ3n) is 4.37. The topological polar surface area (TPSA) is 141 Å². The molecule has 1 aliphatic heterocycles. The average molecular weight is 437 g/mol. The van der Waals surface area contributed by atoms with Crippen LogP contribution in [0.15, 0.2) is 29.9 Å². The second kappa shape index (κ2) is 9.39. The summed E-state index contributed by atoms with van der Waals surface area (Å²) in [4.78, 5) is 54.6. The number of methoxy groups -OCH3 is 1. The SMILES string of the molecule is C=C(NC(=O)c1csc(N2CC(C)N(C(=O)O)[C@@H](C)C2)n1)C(=O)NC(=C)C(=O)OC. The Hall–Kier alpha value is -3.41. The van der Waals surface area contributed by atoms with E-state index in [-0.39, 0.29) is 29.2 Å². The number of anilines is 1. The number of hydrogen-bond donors (Lipinski definition) is 3. The highest BCUT2D eigenvalue weighted by Crippen LogP contribution is 2.26. The minimum absolute atomic E-state index is 0.0803. The van der Waals surface area contributed by atoms with Gasteiger partial charge in [0, 0.05) is 18.5 Å². The molecular formula is C18H23N5O6S. The van der Waals surface area contributed by atoms with E-state index in [9.17, 15) is 24.3 Å². The summed E-state index contributed by atoms with van der Waals surface area (Å²) in [6, 6.07) is -0.474. The Bertz CT molecular complexity index is 885. The molecule has 30 heavy (non-hydrogen) atoms. The summed E-state index contributed by atoms with van der Waals surface area (Å²) in [6.45, 7) is 11.3. The van der Waals surface area contributed by atoms with Crippen LogP contribution < -0.4 is 15.5 Å². The molecule has 0 radical (unpaired) electrons. The molecule has 1 aliphatic rings. The molecule has 1 fully saturated rings. The number of amides is 3. The lowest BCUT2D eigenvalue weighted by molar-refractivity contribution is -0.137. The summed E-state index contributed by atoms with van der Waals surface area (Å²) in [6.07, 6.45) is -0.972. The number of ether oxygens (including phenoxy) is 1. The Morgan fingerprint density at radius 2 is 1.77 bits per heavy atom. The smallest absolute Gasteiger partial charge is 0.407 e. The van der Waals surface area contributed by atoms with Crippen molar-refractivity contribution in [3.8, 4) is 0 Å². The number of aromatic nitrogens is 1. The number of nitrogens with zero attached hydrogens (tertiary/aromatic N) is 3. The summed E-state index contributed by atoms with van der Waals surface area (Å²) < 4.78 is 4.42. The predicted molar refractivity (Wildman–Crippen MR) is 109 cm³/mol. The molecule has 0 spiro atoms. The second-order valence-corrected chi connectivity index (χ2v) is 7.50. The van der Waals surface area contributed by atoms with Crippen molar-refractivity contribution in [2.75, 3.05) is 25.1 Å². The molecule has 3 amide bonds. The quantitative estimate of drug-likeness (QED) is 0.438. The van der Waals surface area contributed by atoms with Gasteiger partial charge < -0.3 is 25.4 Å². The molecule has 1 unspecified atom stereocenters. The van der Waals surface area contributed by atoms with Gasteiger partial charge >= 0.3 is 12.1 Å². The van der Waals surface area contributed by atoms with Crippen molar-refractivity contribution in [3.05, 3.63) is 35.6 Å². The van der Waals surface area contributed by atoms with Crippen LogP contribution in [0.4, 0.5) is 9.93 Å². The molecule has 1 aromatic rings. The van der Waals surface area contributed by atoms with Crippen LogP contribution in [-0.4, -0.2) is 71.2 Å². The number of carbonyl (C=O) groups excluding carboxylic acids is 3. The summed E-state index contributed by atoms with van der Waals surface area (Å²) in [7, 11) is 1.14. The first kappa shape index (κ1) is 22.9. The monoisotopic (exact) mass is 437 g/mol.